The van der Waals surface area contributed by atoms with E-state index in [9.17, 15) is 13.6 Å². The van der Waals surface area contributed by atoms with Gasteiger partial charge >= 0.3 is 6.55 Å². The molecule has 0 atom stereocenters. The highest BCUT2D eigenvalue weighted by atomic mass is 19.3. The molecule has 1 aliphatic carbocycles. The minimum absolute atomic E-state index is 0.0101. The van der Waals surface area contributed by atoms with Crippen molar-refractivity contribution in [3.05, 3.63) is 18.0 Å². The molecular formula is C13H19F2N3O2. The first-order valence-corrected chi connectivity index (χ1v) is 6.67. The number of carbonyl (C=O) groups is 1. The Morgan fingerprint density at radius 3 is 2.80 bits per heavy atom. The second kappa shape index (κ2) is 6.30. The van der Waals surface area contributed by atoms with Gasteiger partial charge in [0.2, 0.25) is 0 Å². The van der Waals surface area contributed by atoms with E-state index in [0.717, 1.165) is 31.9 Å². The molecule has 1 aromatic rings. The number of alkyl halides is 2. The van der Waals surface area contributed by atoms with Crippen LogP contribution in [0.4, 0.5) is 8.78 Å². The summed E-state index contributed by atoms with van der Waals surface area (Å²) in [5, 5.41) is 6.33. The maximum Gasteiger partial charge on any atom is 0.333 e. The van der Waals surface area contributed by atoms with Crippen LogP contribution in [-0.2, 0) is 4.74 Å². The van der Waals surface area contributed by atoms with Crippen LogP contribution in [0.15, 0.2) is 12.3 Å². The number of ether oxygens (including phenoxy) is 1. The van der Waals surface area contributed by atoms with Crippen molar-refractivity contribution in [1.29, 1.82) is 0 Å². The molecule has 112 valence electrons. The van der Waals surface area contributed by atoms with Crippen molar-refractivity contribution < 1.29 is 18.3 Å². The Morgan fingerprint density at radius 2 is 2.25 bits per heavy atom. The summed E-state index contributed by atoms with van der Waals surface area (Å²) in [5.41, 5.74) is -0.0220. The Kier molecular flexibility index (Phi) is 4.69. The van der Waals surface area contributed by atoms with Gasteiger partial charge in [-0.15, -0.1) is 0 Å². The van der Waals surface area contributed by atoms with Gasteiger partial charge in [0.05, 0.1) is 6.61 Å². The Bertz CT molecular complexity index is 456. The van der Waals surface area contributed by atoms with Gasteiger partial charge in [0.1, 0.15) is 5.69 Å². The zero-order valence-electron chi connectivity index (χ0n) is 11.4. The second-order valence-corrected chi connectivity index (χ2v) is 5.28. The van der Waals surface area contributed by atoms with Crippen molar-refractivity contribution in [1.82, 2.24) is 15.1 Å². The first-order valence-electron chi connectivity index (χ1n) is 6.67. The van der Waals surface area contributed by atoms with Gasteiger partial charge in [-0.3, -0.25) is 4.79 Å². The summed E-state index contributed by atoms with van der Waals surface area (Å²) in [7, 11) is 1.65. The molecular weight excluding hydrogens is 268 g/mol. The van der Waals surface area contributed by atoms with E-state index in [2.05, 4.69) is 10.4 Å². The third kappa shape index (κ3) is 3.33. The second-order valence-electron chi connectivity index (χ2n) is 5.28. The molecule has 1 fully saturated rings. The van der Waals surface area contributed by atoms with Gasteiger partial charge in [-0.1, -0.05) is 12.8 Å². The average molecular weight is 287 g/mol. The Hall–Kier alpha value is -1.50. The number of hydrogen-bond acceptors (Lipinski definition) is 3. The molecule has 5 nitrogen and oxygen atoms in total. The highest BCUT2D eigenvalue weighted by Crippen LogP contribution is 2.37. The summed E-state index contributed by atoms with van der Waals surface area (Å²) in [6, 6.07) is 1.29. The van der Waals surface area contributed by atoms with Crippen molar-refractivity contribution in [3.63, 3.8) is 0 Å². The minimum atomic E-state index is -2.73. The molecule has 1 aliphatic rings. The lowest BCUT2D eigenvalue weighted by Crippen LogP contribution is -2.39. The lowest BCUT2D eigenvalue weighted by molar-refractivity contribution is 0.0557. The Balaban J connectivity index is 1.93. The normalized spacial score (nSPS) is 17.6. The molecule has 0 spiro atoms. The van der Waals surface area contributed by atoms with Gasteiger partial charge < -0.3 is 10.1 Å². The predicted molar refractivity (Wildman–Crippen MR) is 68.6 cm³/mol. The van der Waals surface area contributed by atoms with Crippen molar-refractivity contribution in [2.75, 3.05) is 20.3 Å². The number of nitrogens with one attached hydrogen (secondary N) is 1. The molecule has 20 heavy (non-hydrogen) atoms. The van der Waals surface area contributed by atoms with Crippen LogP contribution >= 0.6 is 0 Å². The summed E-state index contributed by atoms with van der Waals surface area (Å²) in [5.74, 6) is -0.424. The Labute approximate surface area is 116 Å². The van der Waals surface area contributed by atoms with Crippen LogP contribution in [-0.4, -0.2) is 35.9 Å². The fraction of sp³-hybridized carbons (Fsp3) is 0.692. The third-order valence-corrected chi connectivity index (χ3v) is 3.78. The van der Waals surface area contributed by atoms with Crippen molar-refractivity contribution in [2.45, 2.75) is 32.2 Å². The predicted octanol–water partition coefficient (Wildman–Crippen LogP) is 2.21. The lowest BCUT2D eigenvalue weighted by Gasteiger charge is -2.28. The summed E-state index contributed by atoms with van der Waals surface area (Å²) in [4.78, 5) is 11.9. The van der Waals surface area contributed by atoms with Crippen LogP contribution in [0.3, 0.4) is 0 Å². The summed E-state index contributed by atoms with van der Waals surface area (Å²) in [6.45, 7) is -1.65. The number of nitrogens with zero attached hydrogens (tertiary/aromatic N) is 2. The zero-order valence-corrected chi connectivity index (χ0v) is 11.4. The van der Waals surface area contributed by atoms with Gasteiger partial charge in [0.25, 0.3) is 5.91 Å². The summed E-state index contributed by atoms with van der Waals surface area (Å²) in [6.07, 6.45) is 5.36. The Morgan fingerprint density at radius 1 is 1.55 bits per heavy atom. The monoisotopic (exact) mass is 287 g/mol. The van der Waals surface area contributed by atoms with E-state index in [1.165, 1.54) is 6.07 Å². The van der Waals surface area contributed by atoms with E-state index in [1.54, 1.807) is 7.11 Å². The van der Waals surface area contributed by atoms with Crippen LogP contribution in [0.25, 0.3) is 0 Å². The number of halogens is 2. The molecule has 0 radical (unpaired) electrons. The van der Waals surface area contributed by atoms with Gasteiger partial charge in [0, 0.05) is 25.3 Å². The molecule has 7 heteroatoms. The molecule has 1 aromatic heterocycles. The fourth-order valence-corrected chi connectivity index (χ4v) is 2.73. The van der Waals surface area contributed by atoms with Crippen molar-refractivity contribution in [3.8, 4) is 0 Å². The maximum atomic E-state index is 12.4. The number of aromatic nitrogens is 2. The van der Waals surface area contributed by atoms with Gasteiger partial charge in [-0.05, 0) is 18.9 Å². The number of hydrogen-bond donors (Lipinski definition) is 1. The standard InChI is InChI=1S/C13H19F2N3O2/c1-20-9-13(5-2-3-6-13)8-16-11(19)10-4-7-18(17-10)12(14)15/h4,7,12H,2-3,5-6,8-9H2,1H3,(H,16,19). The minimum Gasteiger partial charge on any atom is -0.384 e. The number of methoxy groups -OCH3 is 1. The van der Waals surface area contributed by atoms with E-state index >= 15 is 0 Å². The van der Waals surface area contributed by atoms with Crippen LogP contribution < -0.4 is 5.32 Å². The number of amides is 1. The summed E-state index contributed by atoms with van der Waals surface area (Å²) < 4.78 is 30.5. The first-order chi connectivity index (χ1) is 9.56. The smallest absolute Gasteiger partial charge is 0.333 e. The highest BCUT2D eigenvalue weighted by molar-refractivity contribution is 5.92. The van der Waals surface area contributed by atoms with Gasteiger partial charge in [-0.25, -0.2) is 4.68 Å². The van der Waals surface area contributed by atoms with E-state index in [0.29, 0.717) is 17.8 Å². The molecule has 0 aromatic carbocycles. The van der Waals surface area contributed by atoms with Crippen LogP contribution in [0, 0.1) is 5.41 Å². The van der Waals surface area contributed by atoms with E-state index in [1.807, 2.05) is 0 Å². The van der Waals surface area contributed by atoms with E-state index in [-0.39, 0.29) is 11.1 Å². The largest absolute Gasteiger partial charge is 0.384 e. The molecule has 1 heterocycles. The zero-order chi connectivity index (χ0) is 14.6. The van der Waals surface area contributed by atoms with Crippen molar-refractivity contribution in [2.24, 2.45) is 5.41 Å². The maximum absolute atomic E-state index is 12.4. The van der Waals surface area contributed by atoms with Crippen LogP contribution in [0.2, 0.25) is 0 Å². The van der Waals surface area contributed by atoms with Gasteiger partial charge in [-0.2, -0.15) is 13.9 Å². The van der Waals surface area contributed by atoms with Crippen LogP contribution in [0.1, 0.15) is 42.7 Å². The first kappa shape index (κ1) is 14.9. The van der Waals surface area contributed by atoms with Crippen LogP contribution in [0.5, 0.6) is 0 Å². The quantitative estimate of drug-likeness (QED) is 0.872. The SMILES string of the molecule is COCC1(CNC(=O)c2ccn(C(F)F)n2)CCCC1. The van der Waals surface area contributed by atoms with E-state index in [4.69, 9.17) is 4.74 Å². The lowest BCUT2D eigenvalue weighted by atomic mass is 9.87. The molecule has 1 saturated carbocycles. The van der Waals surface area contributed by atoms with E-state index < -0.39 is 12.5 Å². The van der Waals surface area contributed by atoms with Gasteiger partial charge in [0.15, 0.2) is 0 Å². The molecule has 0 unspecified atom stereocenters. The molecule has 0 aliphatic heterocycles. The fourth-order valence-electron chi connectivity index (χ4n) is 2.73. The molecule has 2 rings (SSSR count). The molecule has 1 N–H and O–H groups in total. The number of rotatable bonds is 6. The topological polar surface area (TPSA) is 56.1 Å². The summed E-state index contributed by atoms with van der Waals surface area (Å²) >= 11 is 0. The molecule has 0 bridgehead atoms. The highest BCUT2D eigenvalue weighted by Gasteiger charge is 2.34. The number of carbonyl (C=O) groups excluding carboxylic acids is 1. The third-order valence-electron chi connectivity index (χ3n) is 3.78. The average Bonchev–Trinajstić information content (AvgIpc) is 3.06. The molecule has 0 saturated heterocycles. The van der Waals surface area contributed by atoms with Crippen molar-refractivity contribution >= 4 is 5.91 Å². The molecule has 1 amide bonds.